The highest BCUT2D eigenvalue weighted by molar-refractivity contribution is 7.71. The monoisotopic (exact) mass is 426 g/mol. The predicted octanol–water partition coefficient (Wildman–Crippen LogP) is 1.19. The maximum Gasteiger partial charge on any atom is 0.225 e. The van der Waals surface area contributed by atoms with Gasteiger partial charge in [-0.25, -0.2) is 9.97 Å². The summed E-state index contributed by atoms with van der Waals surface area (Å²) < 4.78 is 10.1. The van der Waals surface area contributed by atoms with Crippen LogP contribution in [-0.2, 0) is 18.0 Å². The molecule has 0 spiro atoms. The Bertz CT molecular complexity index is 1030. The van der Waals surface area contributed by atoms with Gasteiger partial charge in [0.1, 0.15) is 0 Å². The number of hydrogen-bond donors (Lipinski definition) is 1. The van der Waals surface area contributed by atoms with Crippen molar-refractivity contribution >= 4 is 18.2 Å². The van der Waals surface area contributed by atoms with E-state index in [9.17, 15) is 0 Å². The Morgan fingerprint density at radius 2 is 1.90 bits per heavy atom. The molecule has 0 amide bonds. The number of quaternary nitrogens is 1. The number of ether oxygens (including phenoxy) is 1. The van der Waals surface area contributed by atoms with Gasteiger partial charge in [0.25, 0.3) is 0 Å². The quantitative estimate of drug-likeness (QED) is 0.573. The first-order valence-electron chi connectivity index (χ1n) is 10.2. The second-order valence-electron chi connectivity index (χ2n) is 7.56. The molecular formula is C21H28N7OS+. The Balaban J connectivity index is 1.51. The number of aromatic nitrogens is 5. The third kappa shape index (κ3) is 4.58. The van der Waals surface area contributed by atoms with Crippen molar-refractivity contribution in [3.05, 3.63) is 53.1 Å². The van der Waals surface area contributed by atoms with Crippen LogP contribution in [0.4, 0.5) is 5.95 Å². The molecule has 1 aliphatic heterocycles. The average Bonchev–Trinajstić information content (AvgIpc) is 3.08. The second-order valence-corrected chi connectivity index (χ2v) is 7.93. The topological polar surface area (TPSA) is 65.4 Å². The molecule has 0 unspecified atom stereocenters. The summed E-state index contributed by atoms with van der Waals surface area (Å²) in [6.45, 7) is 7.95. The summed E-state index contributed by atoms with van der Waals surface area (Å²) in [5.41, 5.74) is 2.29. The van der Waals surface area contributed by atoms with Gasteiger partial charge in [-0.3, -0.25) is 4.57 Å². The Kier molecular flexibility index (Phi) is 6.51. The van der Waals surface area contributed by atoms with E-state index >= 15 is 0 Å². The fraction of sp³-hybridized carbons (Fsp3) is 0.429. The van der Waals surface area contributed by atoms with Crippen molar-refractivity contribution < 1.29 is 9.64 Å². The van der Waals surface area contributed by atoms with Crippen molar-refractivity contribution in [1.29, 1.82) is 0 Å². The molecule has 1 N–H and O–H groups in total. The first-order chi connectivity index (χ1) is 14.7. The van der Waals surface area contributed by atoms with Crippen LogP contribution in [0.25, 0.3) is 11.4 Å². The van der Waals surface area contributed by atoms with E-state index in [0.717, 1.165) is 55.0 Å². The van der Waals surface area contributed by atoms with Gasteiger partial charge in [-0.05, 0) is 31.3 Å². The molecule has 8 nitrogen and oxygen atoms in total. The lowest BCUT2D eigenvalue weighted by molar-refractivity contribution is -0.924. The van der Waals surface area contributed by atoms with E-state index < -0.39 is 0 Å². The minimum Gasteiger partial charge on any atom is -0.383 e. The maximum absolute atomic E-state index is 5.79. The zero-order valence-electron chi connectivity index (χ0n) is 17.5. The molecule has 4 rings (SSSR count). The Morgan fingerprint density at radius 3 is 2.60 bits per heavy atom. The number of benzene rings is 1. The molecule has 0 atom stereocenters. The van der Waals surface area contributed by atoms with Crippen LogP contribution in [0.2, 0.25) is 0 Å². The predicted molar refractivity (Wildman–Crippen MR) is 118 cm³/mol. The van der Waals surface area contributed by atoms with Crippen LogP contribution in [0.3, 0.4) is 0 Å². The van der Waals surface area contributed by atoms with E-state index in [0.29, 0.717) is 13.2 Å². The van der Waals surface area contributed by atoms with Gasteiger partial charge in [-0.15, -0.1) is 5.10 Å². The van der Waals surface area contributed by atoms with Crippen LogP contribution < -0.4 is 9.80 Å². The number of methoxy groups -OCH3 is 1. The zero-order valence-corrected chi connectivity index (χ0v) is 18.3. The van der Waals surface area contributed by atoms with Crippen molar-refractivity contribution in [2.45, 2.75) is 20.1 Å². The summed E-state index contributed by atoms with van der Waals surface area (Å²) >= 11 is 5.79. The van der Waals surface area contributed by atoms with Gasteiger partial charge in [0.2, 0.25) is 10.7 Å². The second kappa shape index (κ2) is 9.46. The first kappa shape index (κ1) is 20.6. The van der Waals surface area contributed by atoms with Gasteiger partial charge >= 0.3 is 0 Å². The van der Waals surface area contributed by atoms with E-state index in [-0.39, 0.29) is 0 Å². The summed E-state index contributed by atoms with van der Waals surface area (Å²) in [5.74, 6) is 1.70. The number of rotatable bonds is 7. The number of hydrogen-bond acceptors (Lipinski definition) is 6. The third-order valence-electron chi connectivity index (χ3n) is 5.40. The van der Waals surface area contributed by atoms with Crippen molar-refractivity contribution in [3.63, 3.8) is 0 Å². The molecular weight excluding hydrogens is 398 g/mol. The molecule has 1 aliphatic rings. The van der Waals surface area contributed by atoms with Crippen LogP contribution in [-0.4, -0.2) is 64.2 Å². The molecule has 0 radical (unpaired) electrons. The normalized spacial score (nSPS) is 14.9. The SMILES string of the molecule is COCCn1c(-c2cccc(C)c2)nn(C[NH+]2CCN(c3ncccn3)CC2)c1=S. The molecule has 0 aliphatic carbocycles. The minimum atomic E-state index is 0.599. The summed E-state index contributed by atoms with van der Waals surface area (Å²) in [7, 11) is 1.71. The molecule has 30 heavy (non-hydrogen) atoms. The van der Waals surface area contributed by atoms with Crippen LogP contribution >= 0.6 is 12.2 Å². The molecule has 158 valence electrons. The molecule has 3 heterocycles. The summed E-state index contributed by atoms with van der Waals surface area (Å²) in [5, 5.41) is 4.91. The van der Waals surface area contributed by atoms with Crippen LogP contribution in [0.5, 0.6) is 0 Å². The number of anilines is 1. The molecule has 0 saturated carbocycles. The zero-order chi connectivity index (χ0) is 20.9. The van der Waals surface area contributed by atoms with E-state index in [1.165, 1.54) is 10.5 Å². The van der Waals surface area contributed by atoms with Gasteiger partial charge in [0.15, 0.2) is 12.5 Å². The van der Waals surface area contributed by atoms with Crippen LogP contribution in [0, 0.1) is 11.7 Å². The Morgan fingerprint density at radius 1 is 1.13 bits per heavy atom. The number of piperazine rings is 1. The van der Waals surface area contributed by atoms with E-state index in [1.54, 1.807) is 19.5 Å². The molecule has 3 aromatic rings. The first-order valence-corrected chi connectivity index (χ1v) is 10.7. The summed E-state index contributed by atoms with van der Waals surface area (Å²) in [6.07, 6.45) is 3.58. The largest absolute Gasteiger partial charge is 0.383 e. The summed E-state index contributed by atoms with van der Waals surface area (Å²) in [6, 6.07) is 10.2. The molecule has 0 bridgehead atoms. The molecule has 9 heteroatoms. The van der Waals surface area contributed by atoms with E-state index in [4.69, 9.17) is 22.1 Å². The van der Waals surface area contributed by atoms with Crippen molar-refractivity contribution in [1.82, 2.24) is 24.3 Å². The van der Waals surface area contributed by atoms with E-state index in [1.807, 2.05) is 10.7 Å². The fourth-order valence-corrected chi connectivity index (χ4v) is 4.06. The van der Waals surface area contributed by atoms with Crippen LogP contribution in [0.15, 0.2) is 42.7 Å². The van der Waals surface area contributed by atoms with Gasteiger partial charge in [-0.2, -0.15) is 4.68 Å². The lowest BCUT2D eigenvalue weighted by Gasteiger charge is -2.31. The average molecular weight is 427 g/mol. The minimum absolute atomic E-state index is 0.599. The lowest BCUT2D eigenvalue weighted by Crippen LogP contribution is -3.14. The lowest BCUT2D eigenvalue weighted by atomic mass is 10.1. The van der Waals surface area contributed by atoms with Gasteiger partial charge in [-0.1, -0.05) is 23.8 Å². The van der Waals surface area contributed by atoms with E-state index in [2.05, 4.69) is 50.6 Å². The number of nitrogens with one attached hydrogen (secondary N) is 1. The van der Waals surface area contributed by atoms with Gasteiger partial charge in [0, 0.05) is 25.1 Å². The van der Waals surface area contributed by atoms with Gasteiger partial charge < -0.3 is 14.5 Å². The van der Waals surface area contributed by atoms with Crippen molar-refractivity contribution in [3.8, 4) is 11.4 Å². The summed E-state index contributed by atoms with van der Waals surface area (Å²) in [4.78, 5) is 12.4. The van der Waals surface area contributed by atoms with Crippen LogP contribution in [0.1, 0.15) is 5.56 Å². The smallest absolute Gasteiger partial charge is 0.225 e. The molecule has 1 saturated heterocycles. The Labute approximate surface area is 181 Å². The highest BCUT2D eigenvalue weighted by Gasteiger charge is 2.23. The van der Waals surface area contributed by atoms with Gasteiger partial charge in [0.05, 0.1) is 39.3 Å². The maximum atomic E-state index is 5.79. The standard InChI is InChI=1S/C21H27N7OS/c1-17-5-3-6-18(15-17)19-24-28(21(30)27(19)13-14-29-2)16-25-9-11-26(12-10-25)20-22-7-4-8-23-20/h3-8,15H,9-14,16H2,1-2H3/p+1. The number of aryl methyl sites for hydroxylation is 1. The Hall–Kier alpha value is -2.62. The fourth-order valence-electron chi connectivity index (χ4n) is 3.77. The molecule has 2 aromatic heterocycles. The number of nitrogens with zero attached hydrogens (tertiary/aromatic N) is 6. The molecule has 1 aromatic carbocycles. The third-order valence-corrected chi connectivity index (χ3v) is 5.83. The van der Waals surface area contributed by atoms with Crippen molar-refractivity contribution in [2.75, 3.05) is 44.8 Å². The highest BCUT2D eigenvalue weighted by atomic mass is 32.1. The molecule has 1 fully saturated rings. The van der Waals surface area contributed by atoms with Crippen molar-refractivity contribution in [2.24, 2.45) is 0 Å². The highest BCUT2D eigenvalue weighted by Crippen LogP contribution is 2.19.